The van der Waals surface area contributed by atoms with E-state index in [0.29, 0.717) is 5.82 Å². The molecule has 1 aromatic rings. The Morgan fingerprint density at radius 2 is 2.43 bits per heavy atom. The summed E-state index contributed by atoms with van der Waals surface area (Å²) in [7, 11) is 0. The zero-order chi connectivity index (χ0) is 10.4. The summed E-state index contributed by atoms with van der Waals surface area (Å²) in [6.07, 6.45) is 1.54. The average molecular weight is 307 g/mol. The normalized spacial score (nSPS) is 11.9. The van der Waals surface area contributed by atoms with Gasteiger partial charge < -0.3 is 0 Å². The summed E-state index contributed by atoms with van der Waals surface area (Å²) in [6, 6.07) is 2.98. The molecule has 0 aliphatic rings. The summed E-state index contributed by atoms with van der Waals surface area (Å²) in [5.74, 6) is 0.410. The third-order valence-electron chi connectivity index (χ3n) is 1.20. The molecule has 0 radical (unpaired) electrons. The molecule has 1 unspecified atom stereocenters. The van der Waals surface area contributed by atoms with Gasteiger partial charge in [-0.3, -0.25) is 10.7 Å². The molecule has 0 aliphatic heterocycles. The Morgan fingerprint density at radius 1 is 1.64 bits per heavy atom. The SMILES string of the molecule is CC(I)NNC(=O)Nc1cccnn1. The van der Waals surface area contributed by atoms with Gasteiger partial charge in [-0.25, -0.2) is 10.2 Å². The zero-order valence-corrected chi connectivity index (χ0v) is 9.65. The summed E-state index contributed by atoms with van der Waals surface area (Å²) in [6.45, 7) is 1.91. The van der Waals surface area contributed by atoms with E-state index in [1.165, 1.54) is 6.20 Å². The maximum absolute atomic E-state index is 11.2. The van der Waals surface area contributed by atoms with Crippen LogP contribution in [-0.4, -0.2) is 20.3 Å². The summed E-state index contributed by atoms with van der Waals surface area (Å²) < 4.78 is 0.153. The molecule has 7 heteroatoms. The summed E-state index contributed by atoms with van der Waals surface area (Å²) >= 11 is 2.13. The minimum absolute atomic E-state index is 0.153. The quantitative estimate of drug-likeness (QED) is 0.335. The van der Waals surface area contributed by atoms with E-state index in [0.717, 1.165) is 0 Å². The van der Waals surface area contributed by atoms with Crippen molar-refractivity contribution >= 4 is 34.4 Å². The van der Waals surface area contributed by atoms with Crippen molar-refractivity contribution in [3.8, 4) is 0 Å². The minimum Gasteiger partial charge on any atom is -0.290 e. The number of urea groups is 1. The number of hydrogen-bond donors (Lipinski definition) is 3. The number of anilines is 1. The van der Waals surface area contributed by atoms with E-state index >= 15 is 0 Å². The van der Waals surface area contributed by atoms with Crippen LogP contribution in [0.5, 0.6) is 0 Å². The number of hydrazine groups is 1. The van der Waals surface area contributed by atoms with Gasteiger partial charge in [0.15, 0.2) is 5.82 Å². The van der Waals surface area contributed by atoms with E-state index in [-0.39, 0.29) is 10.1 Å². The van der Waals surface area contributed by atoms with Gasteiger partial charge in [-0.15, -0.1) is 5.10 Å². The highest BCUT2D eigenvalue weighted by molar-refractivity contribution is 14.1. The summed E-state index contributed by atoms with van der Waals surface area (Å²) in [5, 5.41) is 9.82. The third-order valence-corrected chi connectivity index (χ3v) is 1.51. The van der Waals surface area contributed by atoms with Crippen LogP contribution < -0.4 is 16.2 Å². The lowest BCUT2D eigenvalue weighted by atomic mass is 10.5. The van der Waals surface area contributed by atoms with Crippen LogP contribution >= 0.6 is 22.6 Å². The molecule has 0 aliphatic carbocycles. The van der Waals surface area contributed by atoms with Crippen molar-refractivity contribution in [1.29, 1.82) is 0 Å². The minimum atomic E-state index is -0.367. The van der Waals surface area contributed by atoms with Crippen molar-refractivity contribution < 1.29 is 4.79 Å². The Balaban J connectivity index is 2.35. The van der Waals surface area contributed by atoms with E-state index < -0.39 is 0 Å². The molecule has 0 bridgehead atoms. The topological polar surface area (TPSA) is 78.9 Å². The molecule has 76 valence electrons. The monoisotopic (exact) mass is 307 g/mol. The maximum atomic E-state index is 11.2. The highest BCUT2D eigenvalue weighted by Gasteiger charge is 2.02. The van der Waals surface area contributed by atoms with Gasteiger partial charge in [0.05, 0.1) is 4.05 Å². The molecule has 2 amide bonds. The Kier molecular flexibility index (Phi) is 4.53. The number of halogens is 1. The van der Waals surface area contributed by atoms with Crippen molar-refractivity contribution in [3.63, 3.8) is 0 Å². The zero-order valence-electron chi connectivity index (χ0n) is 7.49. The molecule has 0 saturated carbocycles. The number of nitrogens with one attached hydrogen (secondary N) is 3. The second kappa shape index (κ2) is 5.70. The Bertz CT molecular complexity index is 291. The number of nitrogens with zero attached hydrogens (tertiary/aromatic N) is 2. The van der Waals surface area contributed by atoms with Crippen molar-refractivity contribution in [3.05, 3.63) is 18.3 Å². The number of carbonyl (C=O) groups excluding carboxylic acids is 1. The fraction of sp³-hybridized carbons (Fsp3) is 0.286. The number of alkyl halides is 1. The number of carbonyl (C=O) groups is 1. The Morgan fingerprint density at radius 3 is 3.00 bits per heavy atom. The van der Waals surface area contributed by atoms with Crippen LogP contribution in [0.25, 0.3) is 0 Å². The molecule has 0 aromatic carbocycles. The van der Waals surface area contributed by atoms with Crippen molar-refractivity contribution in [2.24, 2.45) is 0 Å². The summed E-state index contributed by atoms with van der Waals surface area (Å²) in [5.41, 5.74) is 5.20. The highest BCUT2D eigenvalue weighted by Crippen LogP contribution is 1.96. The molecule has 1 atom stereocenters. The van der Waals surface area contributed by atoms with E-state index in [1.807, 2.05) is 6.92 Å². The van der Waals surface area contributed by atoms with Crippen LogP contribution in [-0.2, 0) is 0 Å². The summed E-state index contributed by atoms with van der Waals surface area (Å²) in [4.78, 5) is 11.2. The van der Waals surface area contributed by atoms with Gasteiger partial charge in [0.1, 0.15) is 0 Å². The predicted molar refractivity (Wildman–Crippen MR) is 60.8 cm³/mol. The molecule has 1 aromatic heterocycles. The molecule has 0 fully saturated rings. The fourth-order valence-corrected chi connectivity index (χ4v) is 0.836. The first-order chi connectivity index (χ1) is 6.68. The van der Waals surface area contributed by atoms with Crippen LogP contribution in [0, 0.1) is 0 Å². The van der Waals surface area contributed by atoms with Gasteiger partial charge in [-0.05, 0) is 19.1 Å². The van der Waals surface area contributed by atoms with Crippen LogP contribution in [0.2, 0.25) is 0 Å². The first-order valence-corrected chi connectivity index (χ1v) is 5.17. The van der Waals surface area contributed by atoms with Crippen LogP contribution in [0.15, 0.2) is 18.3 Å². The number of aromatic nitrogens is 2. The van der Waals surface area contributed by atoms with E-state index in [9.17, 15) is 4.79 Å². The molecule has 14 heavy (non-hydrogen) atoms. The highest BCUT2D eigenvalue weighted by atomic mass is 127. The van der Waals surface area contributed by atoms with Crippen LogP contribution in [0.4, 0.5) is 10.6 Å². The fourth-order valence-electron chi connectivity index (χ4n) is 0.681. The lowest BCUT2D eigenvalue weighted by molar-refractivity contribution is 0.248. The number of amides is 2. The maximum Gasteiger partial charge on any atom is 0.334 e. The lowest BCUT2D eigenvalue weighted by Crippen LogP contribution is -2.43. The molecule has 0 saturated heterocycles. The Labute approximate surface area is 95.0 Å². The van der Waals surface area contributed by atoms with Crippen molar-refractivity contribution in [2.45, 2.75) is 11.0 Å². The standard InChI is InChI=1S/C7H10IN5O/c1-5(8)11-13-7(14)10-6-3-2-4-9-12-6/h2-5,11H,1H3,(H2,10,12,13,14). The molecule has 0 spiro atoms. The van der Waals surface area contributed by atoms with Gasteiger partial charge in [-0.2, -0.15) is 5.10 Å². The molecular formula is C7H10IN5O. The first kappa shape index (κ1) is 11.1. The first-order valence-electron chi connectivity index (χ1n) is 3.93. The average Bonchev–Trinajstić information content (AvgIpc) is 2.16. The van der Waals surface area contributed by atoms with Crippen LogP contribution in [0.3, 0.4) is 0 Å². The predicted octanol–water partition coefficient (Wildman–Crippen LogP) is 0.884. The molecular weight excluding hydrogens is 297 g/mol. The van der Waals surface area contributed by atoms with E-state index in [2.05, 4.69) is 49.0 Å². The van der Waals surface area contributed by atoms with E-state index in [1.54, 1.807) is 12.1 Å². The Hall–Kier alpha value is -0.960. The van der Waals surface area contributed by atoms with E-state index in [4.69, 9.17) is 0 Å². The van der Waals surface area contributed by atoms with Gasteiger partial charge in [0.2, 0.25) is 0 Å². The van der Waals surface area contributed by atoms with Gasteiger partial charge in [-0.1, -0.05) is 22.6 Å². The largest absolute Gasteiger partial charge is 0.334 e. The number of hydrogen-bond acceptors (Lipinski definition) is 4. The molecule has 6 nitrogen and oxygen atoms in total. The second-order valence-corrected chi connectivity index (χ2v) is 4.32. The molecule has 1 rings (SSSR count). The third kappa shape index (κ3) is 4.33. The smallest absolute Gasteiger partial charge is 0.290 e. The van der Waals surface area contributed by atoms with Crippen molar-refractivity contribution in [1.82, 2.24) is 21.0 Å². The van der Waals surface area contributed by atoms with Gasteiger partial charge in [0, 0.05) is 6.20 Å². The van der Waals surface area contributed by atoms with Crippen LogP contribution in [0.1, 0.15) is 6.92 Å². The molecule has 1 heterocycles. The van der Waals surface area contributed by atoms with Gasteiger partial charge >= 0.3 is 6.03 Å². The second-order valence-electron chi connectivity index (χ2n) is 2.45. The van der Waals surface area contributed by atoms with Gasteiger partial charge in [0.25, 0.3) is 0 Å². The lowest BCUT2D eigenvalue weighted by Gasteiger charge is -2.08. The number of rotatable bonds is 3. The molecule has 3 N–H and O–H groups in total. The van der Waals surface area contributed by atoms with Crippen molar-refractivity contribution in [2.75, 3.05) is 5.32 Å².